The molecule has 0 aliphatic heterocycles. The van der Waals surface area contributed by atoms with Gasteiger partial charge in [0.2, 0.25) is 5.78 Å². The first-order valence-electron chi connectivity index (χ1n) is 7.63. The first-order valence-corrected chi connectivity index (χ1v) is 7.63. The number of carbonyl (C=O) groups excluding carboxylic acids is 2. The normalized spacial score (nSPS) is 14.3. The van der Waals surface area contributed by atoms with Crippen molar-refractivity contribution >= 4 is 17.3 Å². The molecular formula is C20H19NO2. The van der Waals surface area contributed by atoms with Crippen molar-refractivity contribution < 1.29 is 9.59 Å². The highest BCUT2D eigenvalue weighted by atomic mass is 16.1. The summed E-state index contributed by atoms with van der Waals surface area (Å²) >= 11 is 0. The molecule has 116 valence electrons. The van der Waals surface area contributed by atoms with Gasteiger partial charge in [-0.2, -0.15) is 0 Å². The number of benzene rings is 2. The van der Waals surface area contributed by atoms with Gasteiger partial charge in [0.15, 0.2) is 5.78 Å². The average molecular weight is 305 g/mol. The molecule has 2 aromatic rings. The standard InChI is InChI=1S/C20H19NO2/c1-20(2,3)13-8-10-14(11-9-13)21-17-12-18(22)15-6-4-5-7-16(15)19(17)23/h4-12,21H,1-3H3. The number of carbonyl (C=O) groups is 2. The van der Waals surface area contributed by atoms with Crippen LogP contribution in [0.1, 0.15) is 47.1 Å². The fraction of sp³-hybridized carbons (Fsp3) is 0.200. The minimum Gasteiger partial charge on any atom is -0.352 e. The quantitative estimate of drug-likeness (QED) is 0.896. The summed E-state index contributed by atoms with van der Waals surface area (Å²) in [4.78, 5) is 24.7. The summed E-state index contributed by atoms with van der Waals surface area (Å²) in [6.45, 7) is 6.45. The Kier molecular flexibility index (Phi) is 3.64. The van der Waals surface area contributed by atoms with Gasteiger partial charge in [0.1, 0.15) is 0 Å². The van der Waals surface area contributed by atoms with Crippen LogP contribution >= 0.6 is 0 Å². The molecule has 0 heterocycles. The number of hydrogen-bond donors (Lipinski definition) is 1. The zero-order valence-corrected chi connectivity index (χ0v) is 13.5. The van der Waals surface area contributed by atoms with Crippen LogP contribution in [-0.2, 0) is 5.41 Å². The van der Waals surface area contributed by atoms with Gasteiger partial charge in [-0.05, 0) is 23.1 Å². The highest BCUT2D eigenvalue weighted by molar-refractivity contribution is 6.25. The monoisotopic (exact) mass is 305 g/mol. The summed E-state index contributed by atoms with van der Waals surface area (Å²) in [6.07, 6.45) is 1.38. The fourth-order valence-electron chi connectivity index (χ4n) is 2.62. The number of allylic oxidation sites excluding steroid dienone is 2. The summed E-state index contributed by atoms with van der Waals surface area (Å²) in [5.74, 6) is -0.297. The molecule has 2 aromatic carbocycles. The number of ketones is 2. The van der Waals surface area contributed by atoms with Crippen LogP contribution in [0.15, 0.2) is 60.3 Å². The minimum atomic E-state index is -0.153. The molecule has 0 spiro atoms. The van der Waals surface area contributed by atoms with E-state index in [0.717, 1.165) is 5.69 Å². The van der Waals surface area contributed by atoms with Gasteiger partial charge >= 0.3 is 0 Å². The lowest BCUT2D eigenvalue weighted by molar-refractivity contribution is 0.0985. The van der Waals surface area contributed by atoms with E-state index >= 15 is 0 Å². The highest BCUT2D eigenvalue weighted by Crippen LogP contribution is 2.26. The largest absolute Gasteiger partial charge is 0.352 e. The SMILES string of the molecule is CC(C)(C)c1ccc(NC2=CC(=O)c3ccccc3C2=O)cc1. The van der Waals surface area contributed by atoms with Crippen molar-refractivity contribution in [2.24, 2.45) is 0 Å². The van der Waals surface area contributed by atoms with E-state index in [1.54, 1.807) is 24.3 Å². The Hall–Kier alpha value is -2.68. The third-order valence-electron chi connectivity index (χ3n) is 3.99. The molecule has 0 bridgehead atoms. The Balaban J connectivity index is 1.87. The molecule has 0 amide bonds. The third-order valence-corrected chi connectivity index (χ3v) is 3.99. The summed E-state index contributed by atoms with van der Waals surface area (Å²) in [5, 5.41) is 3.07. The Morgan fingerprint density at radius 1 is 0.826 bits per heavy atom. The van der Waals surface area contributed by atoms with Gasteiger partial charge in [-0.25, -0.2) is 0 Å². The van der Waals surface area contributed by atoms with Crippen molar-refractivity contribution in [3.63, 3.8) is 0 Å². The number of anilines is 1. The van der Waals surface area contributed by atoms with Crippen LogP contribution in [0.3, 0.4) is 0 Å². The predicted octanol–water partition coefficient (Wildman–Crippen LogP) is 4.36. The summed E-state index contributed by atoms with van der Waals surface area (Å²) in [7, 11) is 0. The van der Waals surface area contributed by atoms with Crippen molar-refractivity contribution in [3.05, 3.63) is 77.0 Å². The van der Waals surface area contributed by atoms with Gasteiger partial charge in [0, 0.05) is 22.9 Å². The second-order valence-electron chi connectivity index (χ2n) is 6.75. The zero-order chi connectivity index (χ0) is 16.6. The van der Waals surface area contributed by atoms with E-state index < -0.39 is 0 Å². The predicted molar refractivity (Wildman–Crippen MR) is 92.0 cm³/mol. The van der Waals surface area contributed by atoms with Gasteiger partial charge in [0.25, 0.3) is 0 Å². The highest BCUT2D eigenvalue weighted by Gasteiger charge is 2.25. The fourth-order valence-corrected chi connectivity index (χ4v) is 2.62. The van der Waals surface area contributed by atoms with Crippen molar-refractivity contribution in [3.8, 4) is 0 Å². The number of hydrogen-bond acceptors (Lipinski definition) is 3. The molecule has 3 nitrogen and oxygen atoms in total. The average Bonchev–Trinajstić information content (AvgIpc) is 2.52. The lowest BCUT2D eigenvalue weighted by Crippen LogP contribution is -2.21. The molecule has 1 aliphatic carbocycles. The van der Waals surface area contributed by atoms with E-state index in [0.29, 0.717) is 16.8 Å². The number of rotatable bonds is 2. The Labute approximate surface area is 136 Å². The number of fused-ring (bicyclic) bond motifs is 1. The second-order valence-corrected chi connectivity index (χ2v) is 6.75. The maximum absolute atomic E-state index is 12.5. The first-order chi connectivity index (χ1) is 10.9. The number of Topliss-reactive ketones (excluding diaryl/α,β-unsaturated/α-hetero) is 1. The summed E-state index contributed by atoms with van der Waals surface area (Å²) in [6, 6.07) is 14.8. The van der Waals surface area contributed by atoms with Crippen molar-refractivity contribution in [2.75, 3.05) is 5.32 Å². The zero-order valence-electron chi connectivity index (χ0n) is 13.5. The Morgan fingerprint density at radius 3 is 2.04 bits per heavy atom. The topological polar surface area (TPSA) is 46.2 Å². The lowest BCUT2D eigenvalue weighted by Gasteiger charge is -2.20. The van der Waals surface area contributed by atoms with E-state index in [9.17, 15) is 9.59 Å². The van der Waals surface area contributed by atoms with Crippen LogP contribution < -0.4 is 5.32 Å². The second kappa shape index (κ2) is 5.51. The van der Waals surface area contributed by atoms with Crippen molar-refractivity contribution in [1.82, 2.24) is 0 Å². The molecule has 0 unspecified atom stereocenters. The molecule has 0 aromatic heterocycles. The van der Waals surface area contributed by atoms with Gasteiger partial charge in [-0.3, -0.25) is 9.59 Å². The van der Waals surface area contributed by atoms with E-state index in [-0.39, 0.29) is 17.0 Å². The molecule has 23 heavy (non-hydrogen) atoms. The molecular weight excluding hydrogens is 286 g/mol. The van der Waals surface area contributed by atoms with Crippen LogP contribution in [0.5, 0.6) is 0 Å². The minimum absolute atomic E-state index is 0.0767. The Morgan fingerprint density at radius 2 is 1.43 bits per heavy atom. The molecule has 3 heteroatoms. The van der Waals surface area contributed by atoms with Gasteiger partial charge in [0.05, 0.1) is 5.70 Å². The van der Waals surface area contributed by atoms with Gasteiger partial charge in [-0.15, -0.1) is 0 Å². The van der Waals surface area contributed by atoms with Crippen molar-refractivity contribution in [2.45, 2.75) is 26.2 Å². The molecule has 0 saturated heterocycles. The maximum atomic E-state index is 12.5. The van der Waals surface area contributed by atoms with E-state index in [1.165, 1.54) is 11.6 Å². The van der Waals surface area contributed by atoms with Gasteiger partial charge in [-0.1, -0.05) is 57.2 Å². The third kappa shape index (κ3) is 2.95. The van der Waals surface area contributed by atoms with Gasteiger partial charge < -0.3 is 5.32 Å². The molecule has 0 saturated carbocycles. The van der Waals surface area contributed by atoms with Crippen LogP contribution in [0.25, 0.3) is 0 Å². The van der Waals surface area contributed by atoms with Crippen LogP contribution in [0.4, 0.5) is 5.69 Å². The molecule has 3 rings (SSSR count). The maximum Gasteiger partial charge on any atom is 0.210 e. The lowest BCUT2D eigenvalue weighted by atomic mass is 9.87. The Bertz CT molecular complexity index is 808. The van der Waals surface area contributed by atoms with Crippen LogP contribution in [0.2, 0.25) is 0 Å². The van der Waals surface area contributed by atoms with E-state index in [1.807, 2.05) is 24.3 Å². The first kappa shape index (κ1) is 15.2. The summed E-state index contributed by atoms with van der Waals surface area (Å²) in [5.41, 5.74) is 3.32. The van der Waals surface area contributed by atoms with Crippen LogP contribution in [-0.4, -0.2) is 11.6 Å². The summed E-state index contributed by atoms with van der Waals surface area (Å²) < 4.78 is 0. The molecule has 0 atom stereocenters. The molecule has 0 radical (unpaired) electrons. The molecule has 1 N–H and O–H groups in total. The molecule has 1 aliphatic rings. The smallest absolute Gasteiger partial charge is 0.210 e. The van der Waals surface area contributed by atoms with E-state index in [4.69, 9.17) is 0 Å². The van der Waals surface area contributed by atoms with Crippen LogP contribution in [0, 0.1) is 0 Å². The molecule has 0 fully saturated rings. The van der Waals surface area contributed by atoms with E-state index in [2.05, 4.69) is 26.1 Å². The number of nitrogens with one attached hydrogen (secondary N) is 1. The van der Waals surface area contributed by atoms with Crippen molar-refractivity contribution in [1.29, 1.82) is 0 Å².